The molecule has 0 radical (unpaired) electrons. The largest absolute Gasteiger partial charge is 0.480 e. The van der Waals surface area contributed by atoms with Gasteiger partial charge in [-0.25, -0.2) is 9.78 Å². The predicted octanol–water partition coefficient (Wildman–Crippen LogP) is 5.61. The summed E-state index contributed by atoms with van der Waals surface area (Å²) >= 11 is 0. The molecule has 5 rings (SSSR count). The third-order valence-electron chi connectivity index (χ3n) is 7.03. The number of carbonyl (C=O) groups excluding carboxylic acids is 1. The smallest absolute Gasteiger partial charge is 0.336 e. The second kappa shape index (κ2) is 11.4. The monoisotopic (exact) mass is 535 g/mol. The Bertz CT molecular complexity index is 1620. The van der Waals surface area contributed by atoms with Gasteiger partial charge in [0.15, 0.2) is 0 Å². The van der Waals surface area contributed by atoms with Crippen molar-refractivity contribution in [3.05, 3.63) is 107 Å². The first-order chi connectivity index (χ1) is 19.4. The van der Waals surface area contributed by atoms with Crippen molar-refractivity contribution < 1.29 is 24.6 Å². The third kappa shape index (κ3) is 5.29. The number of benzene rings is 3. The first kappa shape index (κ1) is 26.6. The number of imidazole rings is 1. The Balaban J connectivity index is 1.50. The molecule has 0 bridgehead atoms. The molecule has 8 heteroatoms. The minimum atomic E-state index is -1.08. The maximum Gasteiger partial charge on any atom is 0.336 e. The number of carbonyl (C=O) groups is 3. The van der Waals surface area contributed by atoms with Gasteiger partial charge >= 0.3 is 11.9 Å². The van der Waals surface area contributed by atoms with E-state index in [-0.39, 0.29) is 11.5 Å². The van der Waals surface area contributed by atoms with Crippen molar-refractivity contribution in [2.45, 2.75) is 32.7 Å². The number of para-hydroxylation sites is 1. The van der Waals surface area contributed by atoms with Crippen molar-refractivity contribution in [2.24, 2.45) is 0 Å². The number of unbranched alkanes of at least 4 members (excludes halogenated alkanes) is 1. The fourth-order valence-electron chi connectivity index (χ4n) is 5.04. The molecule has 1 aliphatic heterocycles. The zero-order valence-electron chi connectivity index (χ0n) is 22.1. The van der Waals surface area contributed by atoms with Gasteiger partial charge in [0.1, 0.15) is 12.4 Å². The van der Waals surface area contributed by atoms with Gasteiger partial charge in [-0.2, -0.15) is 0 Å². The Labute approximate surface area is 231 Å². The molecule has 0 aliphatic carbocycles. The number of aryl methyl sites for hydroxylation is 1. The van der Waals surface area contributed by atoms with Gasteiger partial charge < -0.3 is 14.8 Å². The summed E-state index contributed by atoms with van der Waals surface area (Å²) < 4.78 is 2.08. The summed E-state index contributed by atoms with van der Waals surface area (Å²) in [5.41, 5.74) is 5.17. The second-order valence-corrected chi connectivity index (χ2v) is 9.70. The quantitative estimate of drug-likeness (QED) is 0.255. The molecule has 4 aromatic rings. The van der Waals surface area contributed by atoms with E-state index in [4.69, 9.17) is 0 Å². The van der Waals surface area contributed by atoms with Crippen molar-refractivity contribution in [1.82, 2.24) is 9.55 Å². The topological polar surface area (TPSA) is 113 Å². The zero-order chi connectivity index (χ0) is 28.2. The van der Waals surface area contributed by atoms with Crippen LogP contribution in [0.3, 0.4) is 0 Å². The van der Waals surface area contributed by atoms with Crippen LogP contribution in [0.25, 0.3) is 22.8 Å². The summed E-state index contributed by atoms with van der Waals surface area (Å²) in [6, 6.07) is 21.9. The van der Waals surface area contributed by atoms with Crippen LogP contribution in [0.1, 0.15) is 52.8 Å². The highest BCUT2D eigenvalue weighted by Gasteiger charge is 2.33. The van der Waals surface area contributed by atoms with Crippen molar-refractivity contribution >= 4 is 35.2 Å². The average Bonchev–Trinajstić information content (AvgIpc) is 3.45. The lowest BCUT2D eigenvalue weighted by Crippen LogP contribution is -2.32. The summed E-state index contributed by atoms with van der Waals surface area (Å²) in [6.45, 7) is 2.22. The zero-order valence-corrected chi connectivity index (χ0v) is 22.1. The number of carboxylic acids is 2. The van der Waals surface area contributed by atoms with E-state index in [2.05, 4.69) is 16.5 Å². The number of carboxylic acid groups (broad SMARTS) is 2. The van der Waals surface area contributed by atoms with Crippen molar-refractivity contribution in [3.63, 3.8) is 0 Å². The standard InChI is InChI=1S/C32H29N3O5/c1-2-3-12-29-33-18-23(17-27-25-9-6-7-11-28(25)35(31(27)38)20-30(36)37)34(29)19-21-13-15-22(16-14-21)24-8-4-5-10-26(24)32(39)40/h4-11,13-18H,2-3,12,19-20H2,1H3,(H,36,37)(H,39,40)/b27-17-. The van der Waals surface area contributed by atoms with Crippen LogP contribution < -0.4 is 4.90 Å². The molecule has 0 saturated heterocycles. The van der Waals surface area contributed by atoms with E-state index in [1.165, 1.54) is 4.90 Å². The Morgan fingerprint density at radius 1 is 0.925 bits per heavy atom. The summed E-state index contributed by atoms with van der Waals surface area (Å²) in [5.74, 6) is -1.50. The summed E-state index contributed by atoms with van der Waals surface area (Å²) in [6.07, 6.45) is 6.30. The molecule has 3 aromatic carbocycles. The van der Waals surface area contributed by atoms with E-state index >= 15 is 0 Å². The van der Waals surface area contributed by atoms with Crippen molar-refractivity contribution in [3.8, 4) is 11.1 Å². The number of rotatable bonds is 10. The van der Waals surface area contributed by atoms with Crippen LogP contribution in [0.4, 0.5) is 5.69 Å². The maximum atomic E-state index is 13.3. The van der Waals surface area contributed by atoms with Gasteiger partial charge in [0.2, 0.25) is 0 Å². The first-order valence-electron chi connectivity index (χ1n) is 13.2. The summed E-state index contributed by atoms with van der Waals surface area (Å²) in [7, 11) is 0. The van der Waals surface area contributed by atoms with Crippen LogP contribution in [0.2, 0.25) is 0 Å². The molecule has 1 aliphatic rings. The lowest BCUT2D eigenvalue weighted by atomic mass is 9.98. The number of fused-ring (bicyclic) bond motifs is 1. The van der Waals surface area contributed by atoms with Gasteiger partial charge in [0.25, 0.3) is 5.91 Å². The number of aromatic carboxylic acids is 1. The number of hydrogen-bond acceptors (Lipinski definition) is 4. The highest BCUT2D eigenvalue weighted by atomic mass is 16.4. The van der Waals surface area contributed by atoms with Gasteiger partial charge in [-0.05, 0) is 41.3 Å². The summed E-state index contributed by atoms with van der Waals surface area (Å²) in [5, 5.41) is 18.9. The number of hydrogen-bond donors (Lipinski definition) is 2. The van der Waals surface area contributed by atoms with Gasteiger partial charge in [0, 0.05) is 18.5 Å². The molecule has 0 unspecified atom stereocenters. The van der Waals surface area contributed by atoms with E-state index in [1.54, 1.807) is 42.6 Å². The molecule has 0 atom stereocenters. The Kier molecular flexibility index (Phi) is 7.59. The van der Waals surface area contributed by atoms with Crippen LogP contribution in [-0.2, 0) is 22.6 Å². The average molecular weight is 536 g/mol. The van der Waals surface area contributed by atoms with E-state index in [1.807, 2.05) is 42.5 Å². The van der Waals surface area contributed by atoms with Gasteiger partial charge in [-0.3, -0.25) is 14.5 Å². The highest BCUT2D eigenvalue weighted by Crippen LogP contribution is 2.37. The Hall–Kier alpha value is -4.98. The van der Waals surface area contributed by atoms with Crippen LogP contribution in [0.5, 0.6) is 0 Å². The van der Waals surface area contributed by atoms with E-state index < -0.39 is 18.5 Å². The summed E-state index contributed by atoms with van der Waals surface area (Å²) in [4.78, 5) is 42.4. The highest BCUT2D eigenvalue weighted by molar-refractivity contribution is 6.36. The molecule has 0 fully saturated rings. The van der Waals surface area contributed by atoms with Gasteiger partial charge in [0.05, 0.1) is 28.7 Å². The second-order valence-electron chi connectivity index (χ2n) is 9.70. The fraction of sp³-hybridized carbons (Fsp3) is 0.188. The molecule has 202 valence electrons. The van der Waals surface area contributed by atoms with Crippen LogP contribution in [0, 0.1) is 0 Å². The molecule has 40 heavy (non-hydrogen) atoms. The molecular weight excluding hydrogens is 506 g/mol. The van der Waals surface area contributed by atoms with Crippen LogP contribution in [-0.4, -0.2) is 44.2 Å². The van der Waals surface area contributed by atoms with E-state index in [0.29, 0.717) is 28.9 Å². The number of aliphatic carboxylic acids is 1. The molecule has 0 saturated carbocycles. The van der Waals surface area contributed by atoms with Crippen molar-refractivity contribution in [1.29, 1.82) is 0 Å². The Morgan fingerprint density at radius 3 is 2.33 bits per heavy atom. The SMILES string of the molecule is CCCCc1ncc(/C=C2\C(=O)N(CC(=O)O)c3ccccc32)n1Cc1ccc(-c2ccccc2C(=O)O)cc1. The van der Waals surface area contributed by atoms with Crippen LogP contribution in [0.15, 0.2) is 79.0 Å². The first-order valence-corrected chi connectivity index (χ1v) is 13.2. The van der Waals surface area contributed by atoms with Gasteiger partial charge in [-0.15, -0.1) is 0 Å². The van der Waals surface area contributed by atoms with E-state index in [0.717, 1.165) is 41.9 Å². The number of anilines is 1. The fourth-order valence-corrected chi connectivity index (χ4v) is 5.04. The molecule has 0 spiro atoms. The lowest BCUT2D eigenvalue weighted by Gasteiger charge is -2.14. The molecule has 2 N–H and O–H groups in total. The number of amides is 1. The molecule has 8 nitrogen and oxygen atoms in total. The van der Waals surface area contributed by atoms with Crippen molar-refractivity contribution in [2.75, 3.05) is 11.4 Å². The molecular formula is C32H29N3O5. The predicted molar refractivity (Wildman–Crippen MR) is 153 cm³/mol. The third-order valence-corrected chi connectivity index (χ3v) is 7.03. The Morgan fingerprint density at radius 2 is 1.62 bits per heavy atom. The van der Waals surface area contributed by atoms with Crippen LogP contribution >= 0.6 is 0 Å². The number of aromatic nitrogens is 2. The molecule has 1 aromatic heterocycles. The van der Waals surface area contributed by atoms with Gasteiger partial charge in [-0.1, -0.05) is 74.0 Å². The number of nitrogens with zero attached hydrogens (tertiary/aromatic N) is 3. The molecule has 1 amide bonds. The minimum Gasteiger partial charge on any atom is -0.480 e. The maximum absolute atomic E-state index is 13.3. The minimum absolute atomic E-state index is 0.249. The van der Waals surface area contributed by atoms with E-state index in [9.17, 15) is 24.6 Å². The normalized spacial score (nSPS) is 13.6. The lowest BCUT2D eigenvalue weighted by molar-refractivity contribution is -0.136. The molecule has 2 heterocycles.